The van der Waals surface area contributed by atoms with E-state index in [4.69, 9.17) is 4.74 Å². The number of carbonyl (C=O) groups is 1. The number of amides is 2. The van der Waals surface area contributed by atoms with Gasteiger partial charge < -0.3 is 9.64 Å². The first-order valence-corrected chi connectivity index (χ1v) is 7.85. The highest BCUT2D eigenvalue weighted by Crippen LogP contribution is 2.28. The summed E-state index contributed by atoms with van der Waals surface area (Å²) in [5, 5.41) is 4.90. The molecule has 6 heteroatoms. The van der Waals surface area contributed by atoms with Crippen LogP contribution < -0.4 is 5.32 Å². The Balaban J connectivity index is 2.00. The highest BCUT2D eigenvalue weighted by Gasteiger charge is 2.32. The van der Waals surface area contributed by atoms with Crippen molar-refractivity contribution in [3.8, 4) is 0 Å². The van der Waals surface area contributed by atoms with Crippen LogP contribution >= 0.6 is 11.3 Å². The Morgan fingerprint density at radius 2 is 2.35 bits per heavy atom. The van der Waals surface area contributed by atoms with Crippen LogP contribution in [0.4, 0.5) is 9.80 Å². The Morgan fingerprint density at radius 1 is 1.60 bits per heavy atom. The summed E-state index contributed by atoms with van der Waals surface area (Å²) in [6.07, 6.45) is 1.91. The van der Waals surface area contributed by atoms with Gasteiger partial charge in [-0.15, -0.1) is 11.3 Å². The molecular weight excluding hydrogens is 274 g/mol. The number of carbonyl (C=O) groups excluding carboxylic acids is 1. The number of rotatable bonds is 5. The first-order valence-electron chi connectivity index (χ1n) is 7.04. The van der Waals surface area contributed by atoms with Gasteiger partial charge in [-0.1, -0.05) is 13.8 Å². The third-order valence-electron chi connectivity index (χ3n) is 3.39. The minimum atomic E-state index is -0.0352. The highest BCUT2D eigenvalue weighted by atomic mass is 32.1. The Labute approximate surface area is 124 Å². The van der Waals surface area contributed by atoms with Crippen molar-refractivity contribution in [2.45, 2.75) is 39.7 Å². The lowest BCUT2D eigenvalue weighted by atomic mass is 10.1. The van der Waals surface area contributed by atoms with Crippen molar-refractivity contribution in [1.29, 1.82) is 0 Å². The molecule has 0 bridgehead atoms. The summed E-state index contributed by atoms with van der Waals surface area (Å²) in [7, 11) is 1.67. The molecule has 1 N–H and O–H groups in total. The van der Waals surface area contributed by atoms with E-state index in [-0.39, 0.29) is 12.1 Å². The fourth-order valence-electron chi connectivity index (χ4n) is 2.34. The molecule has 1 aliphatic rings. The topological polar surface area (TPSA) is 54.5 Å². The molecule has 5 nitrogen and oxygen atoms in total. The molecule has 0 spiro atoms. The van der Waals surface area contributed by atoms with Crippen LogP contribution in [0.2, 0.25) is 0 Å². The van der Waals surface area contributed by atoms with E-state index in [1.165, 1.54) is 0 Å². The number of anilines is 1. The molecule has 1 saturated heterocycles. The van der Waals surface area contributed by atoms with Crippen LogP contribution in [0.5, 0.6) is 0 Å². The van der Waals surface area contributed by atoms with E-state index in [2.05, 4.69) is 24.1 Å². The summed E-state index contributed by atoms with van der Waals surface area (Å²) in [5.74, 6) is 0.525. The summed E-state index contributed by atoms with van der Waals surface area (Å²) >= 11 is 1.55. The van der Waals surface area contributed by atoms with E-state index in [0.717, 1.165) is 35.1 Å². The summed E-state index contributed by atoms with van der Waals surface area (Å²) < 4.78 is 5.13. The monoisotopic (exact) mass is 297 g/mol. The molecule has 2 amide bonds. The number of aromatic nitrogens is 1. The van der Waals surface area contributed by atoms with Crippen molar-refractivity contribution in [3.05, 3.63) is 10.7 Å². The third kappa shape index (κ3) is 3.49. The van der Waals surface area contributed by atoms with Gasteiger partial charge in [-0.05, 0) is 25.7 Å². The number of aryl methyl sites for hydroxylation is 1. The van der Waals surface area contributed by atoms with Crippen LogP contribution in [-0.2, 0) is 11.2 Å². The second-order valence-corrected chi connectivity index (χ2v) is 6.83. The summed E-state index contributed by atoms with van der Waals surface area (Å²) in [4.78, 5) is 18.6. The number of ether oxygens (including phenoxy) is 1. The van der Waals surface area contributed by atoms with Crippen molar-refractivity contribution in [1.82, 2.24) is 9.88 Å². The van der Waals surface area contributed by atoms with Gasteiger partial charge in [-0.2, -0.15) is 0 Å². The standard InChI is InChI=1S/C14H23N3O2S/c1-9(2)7-12-13(20-10(3)15-12)16-14(18)17-6-5-11(17)8-19-4/h9,11H,5-8H2,1-4H3,(H,16,18). The van der Waals surface area contributed by atoms with E-state index < -0.39 is 0 Å². The van der Waals surface area contributed by atoms with Crippen molar-refractivity contribution >= 4 is 22.4 Å². The van der Waals surface area contributed by atoms with Crippen molar-refractivity contribution in [2.24, 2.45) is 5.92 Å². The zero-order valence-electron chi connectivity index (χ0n) is 12.6. The summed E-state index contributed by atoms with van der Waals surface area (Å²) in [6.45, 7) is 7.70. The van der Waals surface area contributed by atoms with Crippen LogP contribution in [0, 0.1) is 12.8 Å². The number of likely N-dealkylation sites (tertiary alicyclic amines) is 1. The quantitative estimate of drug-likeness (QED) is 0.909. The summed E-state index contributed by atoms with van der Waals surface area (Å²) in [6, 6.07) is 0.175. The maximum absolute atomic E-state index is 12.3. The van der Waals surface area contributed by atoms with Crippen molar-refractivity contribution < 1.29 is 9.53 Å². The van der Waals surface area contributed by atoms with Crippen LogP contribution in [0.25, 0.3) is 0 Å². The largest absolute Gasteiger partial charge is 0.383 e. The minimum absolute atomic E-state index is 0.0352. The molecule has 0 radical (unpaired) electrons. The smallest absolute Gasteiger partial charge is 0.322 e. The van der Waals surface area contributed by atoms with Gasteiger partial charge in [0.25, 0.3) is 0 Å². The molecule has 2 heterocycles. The van der Waals surface area contributed by atoms with E-state index in [1.54, 1.807) is 18.4 Å². The average Bonchev–Trinajstić information content (AvgIpc) is 2.63. The van der Waals surface area contributed by atoms with Gasteiger partial charge in [0, 0.05) is 13.7 Å². The third-order valence-corrected chi connectivity index (χ3v) is 4.32. The molecule has 20 heavy (non-hydrogen) atoms. The van der Waals surface area contributed by atoms with E-state index >= 15 is 0 Å². The van der Waals surface area contributed by atoms with Crippen LogP contribution in [-0.4, -0.2) is 42.2 Å². The SMILES string of the molecule is COCC1CCN1C(=O)Nc1sc(C)nc1CC(C)C. The Kier molecular flexibility index (Phi) is 4.99. The molecular formula is C14H23N3O2S. The van der Waals surface area contributed by atoms with Gasteiger partial charge in [0.1, 0.15) is 5.00 Å². The molecule has 0 saturated carbocycles. The normalized spacial score (nSPS) is 18.2. The molecule has 0 aliphatic carbocycles. The number of hydrogen-bond acceptors (Lipinski definition) is 4. The minimum Gasteiger partial charge on any atom is -0.383 e. The fraction of sp³-hybridized carbons (Fsp3) is 0.714. The second-order valence-electron chi connectivity index (χ2n) is 5.63. The number of urea groups is 1. The van der Waals surface area contributed by atoms with Gasteiger partial charge in [0.15, 0.2) is 0 Å². The predicted octanol–water partition coefficient (Wildman–Crippen LogP) is 2.90. The first kappa shape index (κ1) is 15.3. The summed E-state index contributed by atoms with van der Waals surface area (Å²) in [5.41, 5.74) is 1.000. The molecule has 1 aromatic heterocycles. The number of nitrogens with one attached hydrogen (secondary N) is 1. The van der Waals surface area contributed by atoms with Gasteiger partial charge in [-0.25, -0.2) is 9.78 Å². The van der Waals surface area contributed by atoms with Gasteiger partial charge in [-0.3, -0.25) is 5.32 Å². The molecule has 1 aliphatic heterocycles. The maximum atomic E-state index is 12.3. The lowest BCUT2D eigenvalue weighted by Crippen LogP contribution is -2.54. The van der Waals surface area contributed by atoms with Crippen LogP contribution in [0.1, 0.15) is 31.0 Å². The Hall–Kier alpha value is -1.14. The number of methoxy groups -OCH3 is 1. The van der Waals surface area contributed by atoms with E-state index in [0.29, 0.717) is 12.5 Å². The zero-order chi connectivity index (χ0) is 14.7. The van der Waals surface area contributed by atoms with Gasteiger partial charge in [0.05, 0.1) is 23.4 Å². The molecule has 2 rings (SSSR count). The predicted molar refractivity (Wildman–Crippen MR) is 81.4 cm³/mol. The van der Waals surface area contributed by atoms with E-state index in [1.807, 2.05) is 11.8 Å². The number of hydrogen-bond donors (Lipinski definition) is 1. The van der Waals surface area contributed by atoms with Crippen molar-refractivity contribution in [2.75, 3.05) is 25.6 Å². The molecule has 1 fully saturated rings. The lowest BCUT2D eigenvalue weighted by Gasteiger charge is -2.40. The Bertz CT molecular complexity index is 473. The van der Waals surface area contributed by atoms with Crippen molar-refractivity contribution in [3.63, 3.8) is 0 Å². The molecule has 112 valence electrons. The maximum Gasteiger partial charge on any atom is 0.322 e. The molecule has 0 aromatic carbocycles. The Morgan fingerprint density at radius 3 is 2.90 bits per heavy atom. The number of nitrogens with zero attached hydrogens (tertiary/aromatic N) is 2. The highest BCUT2D eigenvalue weighted by molar-refractivity contribution is 7.16. The van der Waals surface area contributed by atoms with Crippen LogP contribution in [0.3, 0.4) is 0 Å². The molecule has 1 atom stereocenters. The molecule has 1 aromatic rings. The lowest BCUT2D eigenvalue weighted by molar-refractivity contribution is 0.0545. The fourth-order valence-corrected chi connectivity index (χ4v) is 3.17. The second kappa shape index (κ2) is 6.54. The van der Waals surface area contributed by atoms with Gasteiger partial charge in [0.2, 0.25) is 0 Å². The average molecular weight is 297 g/mol. The van der Waals surface area contributed by atoms with E-state index in [9.17, 15) is 4.79 Å². The van der Waals surface area contributed by atoms with Gasteiger partial charge >= 0.3 is 6.03 Å². The number of thiazole rings is 1. The van der Waals surface area contributed by atoms with Crippen LogP contribution in [0.15, 0.2) is 0 Å². The molecule has 1 unspecified atom stereocenters. The zero-order valence-corrected chi connectivity index (χ0v) is 13.4. The first-order chi connectivity index (χ1) is 9.51.